The fourth-order valence-electron chi connectivity index (χ4n) is 1.86. The first-order chi connectivity index (χ1) is 7.15. The molecule has 1 heterocycles. The van der Waals surface area contributed by atoms with Crippen LogP contribution in [0, 0.1) is 5.50 Å². The predicted molar refractivity (Wildman–Crippen MR) is 69.4 cm³/mol. The van der Waals surface area contributed by atoms with Crippen LogP contribution in [0.4, 0.5) is 11.4 Å². The molecule has 0 N–H and O–H groups in total. The highest BCUT2D eigenvalue weighted by Crippen LogP contribution is 2.42. The van der Waals surface area contributed by atoms with Crippen LogP contribution in [0.2, 0.25) is 0 Å². The Morgan fingerprint density at radius 2 is 1.93 bits per heavy atom. The highest BCUT2D eigenvalue weighted by atomic mass is 32.1. The number of nitrogens with zero attached hydrogens (tertiary/aromatic N) is 2. The second-order valence-electron chi connectivity index (χ2n) is 3.73. The minimum atomic E-state index is 0.909. The molecule has 0 spiro atoms. The van der Waals surface area contributed by atoms with Crippen molar-refractivity contribution >= 4 is 24.0 Å². The molecular formula is C12H15N2S. The predicted octanol–water partition coefficient (Wildman–Crippen LogP) is 2.68. The van der Waals surface area contributed by atoms with Crippen molar-refractivity contribution in [3.05, 3.63) is 41.9 Å². The molecule has 79 valence electrons. The van der Waals surface area contributed by atoms with Gasteiger partial charge >= 0.3 is 0 Å². The molecule has 15 heavy (non-hydrogen) atoms. The van der Waals surface area contributed by atoms with Gasteiger partial charge in [-0.2, -0.15) is 0 Å². The number of anilines is 2. The van der Waals surface area contributed by atoms with Gasteiger partial charge in [0.25, 0.3) is 0 Å². The number of rotatable bonds is 2. The first-order valence-corrected chi connectivity index (χ1v) is 5.37. The van der Waals surface area contributed by atoms with E-state index in [9.17, 15) is 0 Å². The Bertz CT molecular complexity index is 389. The lowest BCUT2D eigenvalue weighted by Crippen LogP contribution is -2.25. The van der Waals surface area contributed by atoms with E-state index in [1.54, 1.807) is 0 Å². The maximum absolute atomic E-state index is 4.46. The van der Waals surface area contributed by atoms with Crippen molar-refractivity contribution in [1.82, 2.24) is 0 Å². The van der Waals surface area contributed by atoms with Gasteiger partial charge in [0.2, 0.25) is 5.50 Å². The Hall–Kier alpha value is -1.09. The molecule has 2 nitrogen and oxygen atoms in total. The van der Waals surface area contributed by atoms with Crippen molar-refractivity contribution in [3.8, 4) is 0 Å². The lowest BCUT2D eigenvalue weighted by Gasteiger charge is -2.20. The third-order valence-electron chi connectivity index (χ3n) is 2.74. The Balaban J connectivity index is 2.42. The lowest BCUT2D eigenvalue weighted by molar-refractivity contribution is 1.01. The zero-order valence-electron chi connectivity index (χ0n) is 9.07. The van der Waals surface area contributed by atoms with Crippen LogP contribution in [0.5, 0.6) is 0 Å². The molecule has 0 saturated carbocycles. The van der Waals surface area contributed by atoms with Crippen LogP contribution in [0.1, 0.15) is 5.56 Å². The van der Waals surface area contributed by atoms with Crippen LogP contribution in [-0.2, 0) is 6.42 Å². The molecule has 1 aliphatic heterocycles. The van der Waals surface area contributed by atoms with E-state index in [4.69, 9.17) is 0 Å². The van der Waals surface area contributed by atoms with Gasteiger partial charge in [-0.15, -0.1) is 19.2 Å². The maximum atomic E-state index is 4.46. The van der Waals surface area contributed by atoms with E-state index in [-0.39, 0.29) is 0 Å². The molecule has 3 heteroatoms. The molecular weight excluding hydrogens is 204 g/mol. The molecule has 1 aliphatic rings. The smallest absolute Gasteiger partial charge is 0.212 e. The molecule has 1 radical (unpaired) electrons. The number of hydrogen-bond donors (Lipinski definition) is 1. The summed E-state index contributed by atoms with van der Waals surface area (Å²) in [5, 5.41) is 0. The van der Waals surface area contributed by atoms with Crippen molar-refractivity contribution < 1.29 is 0 Å². The van der Waals surface area contributed by atoms with E-state index in [0.29, 0.717) is 0 Å². The monoisotopic (exact) mass is 219 g/mol. The fraction of sp³-hybridized carbons (Fsp3) is 0.250. The van der Waals surface area contributed by atoms with Gasteiger partial charge in [0.05, 0.1) is 11.4 Å². The van der Waals surface area contributed by atoms with Gasteiger partial charge in [-0.25, -0.2) is 0 Å². The summed E-state index contributed by atoms with van der Waals surface area (Å²) in [6.07, 6.45) is 2.83. The average Bonchev–Trinajstić information content (AvgIpc) is 2.45. The molecule has 0 aromatic heterocycles. The number of allylic oxidation sites excluding steroid dienone is 1. The summed E-state index contributed by atoms with van der Waals surface area (Å²) in [4.78, 5) is 4.17. The summed E-state index contributed by atoms with van der Waals surface area (Å²) >= 11 is 4.46. The van der Waals surface area contributed by atoms with Crippen molar-refractivity contribution in [1.29, 1.82) is 0 Å². The van der Waals surface area contributed by atoms with Gasteiger partial charge in [0.15, 0.2) is 0 Å². The molecule has 0 aliphatic carbocycles. The zero-order valence-corrected chi connectivity index (χ0v) is 9.96. The lowest BCUT2D eigenvalue weighted by atomic mass is 10.1. The molecule has 1 aromatic rings. The SMILES string of the molecule is C=CCc1ccc2c(c1)N(C)[C](S)N2C. The van der Waals surface area contributed by atoms with E-state index in [0.717, 1.165) is 11.9 Å². The van der Waals surface area contributed by atoms with E-state index >= 15 is 0 Å². The van der Waals surface area contributed by atoms with Gasteiger partial charge < -0.3 is 9.80 Å². The number of fused-ring (bicyclic) bond motifs is 1. The second-order valence-corrected chi connectivity index (χ2v) is 4.13. The molecule has 0 bridgehead atoms. The zero-order chi connectivity index (χ0) is 11.0. The minimum Gasteiger partial charge on any atom is -0.337 e. The van der Waals surface area contributed by atoms with Crippen LogP contribution in [0.25, 0.3) is 0 Å². The van der Waals surface area contributed by atoms with E-state index < -0.39 is 0 Å². The Kier molecular flexibility index (Phi) is 2.65. The van der Waals surface area contributed by atoms with Crippen LogP contribution < -0.4 is 9.80 Å². The number of thiol groups is 1. The summed E-state index contributed by atoms with van der Waals surface area (Å²) in [6.45, 7) is 3.75. The molecule has 2 rings (SSSR count). The van der Waals surface area contributed by atoms with Crippen LogP contribution in [-0.4, -0.2) is 14.1 Å². The summed E-state index contributed by atoms with van der Waals surface area (Å²) in [7, 11) is 4.06. The standard InChI is InChI=1S/C12H15N2S/c1-4-5-9-6-7-10-11(8-9)14(3)12(15)13(10)2/h4,6-8,15H,1,5H2,2-3H3. The van der Waals surface area contributed by atoms with Gasteiger partial charge in [0.1, 0.15) is 0 Å². The highest BCUT2D eigenvalue weighted by Gasteiger charge is 2.29. The number of hydrogen-bond acceptors (Lipinski definition) is 3. The Morgan fingerprint density at radius 1 is 1.27 bits per heavy atom. The summed E-state index contributed by atoms with van der Waals surface area (Å²) < 4.78 is 0. The first kappa shape index (κ1) is 10.4. The van der Waals surface area contributed by atoms with Gasteiger partial charge in [-0.3, -0.25) is 0 Å². The number of benzene rings is 1. The maximum Gasteiger partial charge on any atom is 0.212 e. The van der Waals surface area contributed by atoms with Crippen LogP contribution in [0.3, 0.4) is 0 Å². The molecule has 0 unspecified atom stereocenters. The van der Waals surface area contributed by atoms with Gasteiger partial charge in [0, 0.05) is 14.1 Å². The minimum absolute atomic E-state index is 0.909. The van der Waals surface area contributed by atoms with E-state index in [1.165, 1.54) is 16.9 Å². The first-order valence-electron chi connectivity index (χ1n) is 4.92. The summed E-state index contributed by atoms with van der Waals surface area (Å²) in [5.74, 6) is 0. The van der Waals surface area contributed by atoms with E-state index in [2.05, 4.69) is 47.2 Å². The molecule has 1 aromatic carbocycles. The molecule has 0 saturated heterocycles. The highest BCUT2D eigenvalue weighted by molar-refractivity contribution is 7.83. The van der Waals surface area contributed by atoms with Crippen molar-refractivity contribution in [2.45, 2.75) is 6.42 Å². The Labute approximate surface area is 96.6 Å². The topological polar surface area (TPSA) is 6.48 Å². The van der Waals surface area contributed by atoms with Crippen molar-refractivity contribution in [2.75, 3.05) is 23.9 Å². The van der Waals surface area contributed by atoms with Crippen molar-refractivity contribution in [2.24, 2.45) is 0 Å². The Morgan fingerprint density at radius 3 is 2.60 bits per heavy atom. The molecule has 0 amide bonds. The average molecular weight is 219 g/mol. The second kappa shape index (κ2) is 3.81. The fourth-order valence-corrected chi connectivity index (χ4v) is 2.07. The van der Waals surface area contributed by atoms with E-state index in [1.807, 2.05) is 20.2 Å². The normalized spacial score (nSPS) is 15.7. The van der Waals surface area contributed by atoms with Crippen LogP contribution >= 0.6 is 12.6 Å². The molecule has 0 atom stereocenters. The van der Waals surface area contributed by atoms with Crippen LogP contribution in [0.15, 0.2) is 30.9 Å². The molecule has 0 fully saturated rings. The van der Waals surface area contributed by atoms with Gasteiger partial charge in [-0.1, -0.05) is 12.1 Å². The van der Waals surface area contributed by atoms with Gasteiger partial charge in [-0.05, 0) is 24.1 Å². The third kappa shape index (κ3) is 1.61. The third-order valence-corrected chi connectivity index (χ3v) is 3.34. The summed E-state index contributed by atoms with van der Waals surface area (Å²) in [6, 6.07) is 6.46. The largest absolute Gasteiger partial charge is 0.337 e. The summed E-state index contributed by atoms with van der Waals surface area (Å²) in [5.41, 5.74) is 4.66. The quantitative estimate of drug-likeness (QED) is 0.603. The van der Waals surface area contributed by atoms with Crippen molar-refractivity contribution in [3.63, 3.8) is 0 Å².